The number of thiazole rings is 1. The van der Waals surface area contributed by atoms with Crippen LogP contribution in [0, 0.1) is 18.3 Å². The molecular formula is C13H13N3O2S. The van der Waals surface area contributed by atoms with Gasteiger partial charge in [0.15, 0.2) is 6.04 Å². The fraction of sp³-hybridized carbons (Fsp3) is 0.308. The van der Waals surface area contributed by atoms with Gasteiger partial charge in [-0.2, -0.15) is 5.26 Å². The average molecular weight is 275 g/mol. The summed E-state index contributed by atoms with van der Waals surface area (Å²) in [4.78, 5) is 17.0. The van der Waals surface area contributed by atoms with Gasteiger partial charge in [-0.1, -0.05) is 6.92 Å². The van der Waals surface area contributed by atoms with Crippen LogP contribution in [-0.4, -0.2) is 10.9 Å². The largest absolute Gasteiger partial charge is 0.466 e. The molecule has 1 amide bonds. The lowest BCUT2D eigenvalue weighted by atomic mass is 10.2. The van der Waals surface area contributed by atoms with Crippen LogP contribution >= 0.6 is 11.3 Å². The molecule has 1 unspecified atom stereocenters. The Morgan fingerprint density at radius 1 is 1.68 bits per heavy atom. The molecule has 0 saturated carbocycles. The molecule has 0 radical (unpaired) electrons. The van der Waals surface area contributed by atoms with E-state index in [1.54, 1.807) is 19.1 Å². The normalized spacial score (nSPS) is 11.8. The molecule has 0 aliphatic carbocycles. The molecule has 2 aromatic rings. The summed E-state index contributed by atoms with van der Waals surface area (Å²) in [6.07, 6.45) is 2.26. The first-order valence-electron chi connectivity index (χ1n) is 5.86. The van der Waals surface area contributed by atoms with E-state index in [2.05, 4.69) is 10.3 Å². The van der Waals surface area contributed by atoms with Crippen molar-refractivity contribution >= 4 is 17.2 Å². The minimum atomic E-state index is -0.783. The van der Waals surface area contributed by atoms with Gasteiger partial charge in [0.2, 0.25) is 0 Å². The Labute approximate surface area is 114 Å². The molecule has 19 heavy (non-hydrogen) atoms. The predicted molar refractivity (Wildman–Crippen MR) is 70.8 cm³/mol. The van der Waals surface area contributed by atoms with Crippen LogP contribution in [0.3, 0.4) is 0 Å². The van der Waals surface area contributed by atoms with Gasteiger partial charge in [0, 0.05) is 0 Å². The highest BCUT2D eigenvalue weighted by molar-refractivity contribution is 7.13. The highest BCUT2D eigenvalue weighted by Crippen LogP contribution is 2.20. The second-order valence-corrected chi connectivity index (χ2v) is 5.01. The summed E-state index contributed by atoms with van der Waals surface area (Å²) in [6, 6.07) is 4.56. The number of furan rings is 1. The molecule has 1 atom stereocenters. The van der Waals surface area contributed by atoms with Gasteiger partial charge in [-0.15, -0.1) is 11.3 Å². The van der Waals surface area contributed by atoms with Crippen molar-refractivity contribution in [3.05, 3.63) is 39.7 Å². The second-order valence-electron chi connectivity index (χ2n) is 3.93. The molecule has 0 spiro atoms. The topological polar surface area (TPSA) is 78.9 Å². The van der Waals surface area contributed by atoms with Crippen LogP contribution in [0.2, 0.25) is 0 Å². The molecule has 2 heterocycles. The Balaban J connectivity index is 2.16. The smallest absolute Gasteiger partial charge is 0.264 e. The number of nitrogens with zero attached hydrogens (tertiary/aromatic N) is 2. The van der Waals surface area contributed by atoms with Crippen LogP contribution in [0.25, 0.3) is 0 Å². The van der Waals surface area contributed by atoms with E-state index >= 15 is 0 Å². The highest BCUT2D eigenvalue weighted by atomic mass is 32.1. The molecule has 5 nitrogen and oxygen atoms in total. The zero-order chi connectivity index (χ0) is 13.8. The van der Waals surface area contributed by atoms with Crippen LogP contribution < -0.4 is 5.32 Å². The van der Waals surface area contributed by atoms with Crippen LogP contribution in [0.4, 0.5) is 0 Å². The summed E-state index contributed by atoms with van der Waals surface area (Å²) in [7, 11) is 0. The van der Waals surface area contributed by atoms with Gasteiger partial charge in [0.1, 0.15) is 10.6 Å². The van der Waals surface area contributed by atoms with Crippen molar-refractivity contribution in [1.29, 1.82) is 5.26 Å². The number of hydrogen-bond acceptors (Lipinski definition) is 5. The first-order chi connectivity index (χ1) is 9.15. The van der Waals surface area contributed by atoms with Gasteiger partial charge in [-0.05, 0) is 25.5 Å². The monoisotopic (exact) mass is 275 g/mol. The first kappa shape index (κ1) is 13.3. The standard InChI is InChI=1S/C13H13N3O2S/c1-3-11-15-8(2)12(19-11)13(17)16-9(7-14)10-5-4-6-18-10/h4-6,9H,3H2,1-2H3,(H,16,17). The van der Waals surface area contributed by atoms with Gasteiger partial charge < -0.3 is 9.73 Å². The van der Waals surface area contributed by atoms with Crippen molar-refractivity contribution in [2.24, 2.45) is 0 Å². The van der Waals surface area contributed by atoms with Crippen molar-refractivity contribution in [3.63, 3.8) is 0 Å². The van der Waals surface area contributed by atoms with E-state index in [4.69, 9.17) is 9.68 Å². The Bertz CT molecular complexity index is 610. The summed E-state index contributed by atoms with van der Waals surface area (Å²) in [5.74, 6) is 0.131. The number of aryl methyl sites for hydroxylation is 2. The first-order valence-corrected chi connectivity index (χ1v) is 6.67. The Kier molecular flexibility index (Phi) is 3.97. The third kappa shape index (κ3) is 2.83. The third-order valence-corrected chi connectivity index (χ3v) is 3.88. The zero-order valence-corrected chi connectivity index (χ0v) is 11.5. The Morgan fingerprint density at radius 3 is 3.00 bits per heavy atom. The van der Waals surface area contributed by atoms with E-state index in [1.807, 2.05) is 13.0 Å². The molecule has 0 bridgehead atoms. The number of hydrogen-bond donors (Lipinski definition) is 1. The maximum Gasteiger partial charge on any atom is 0.264 e. The van der Waals surface area contributed by atoms with Gasteiger partial charge in [0.05, 0.1) is 23.0 Å². The molecule has 0 aliphatic rings. The summed E-state index contributed by atoms with van der Waals surface area (Å²) in [5.41, 5.74) is 0.690. The maximum absolute atomic E-state index is 12.1. The summed E-state index contributed by atoms with van der Waals surface area (Å²) in [6.45, 7) is 3.78. The minimum Gasteiger partial charge on any atom is -0.466 e. The van der Waals surface area contributed by atoms with E-state index in [1.165, 1.54) is 17.6 Å². The van der Waals surface area contributed by atoms with Crippen LogP contribution in [0.1, 0.15) is 39.1 Å². The number of amides is 1. The molecule has 2 aromatic heterocycles. The lowest BCUT2D eigenvalue weighted by molar-refractivity contribution is 0.0945. The average Bonchev–Trinajstić information content (AvgIpc) is 3.04. The lowest BCUT2D eigenvalue weighted by Crippen LogP contribution is -2.27. The lowest BCUT2D eigenvalue weighted by Gasteiger charge is -2.08. The summed E-state index contributed by atoms with van der Waals surface area (Å²) >= 11 is 1.35. The number of nitriles is 1. The molecule has 2 rings (SSSR count). The van der Waals surface area contributed by atoms with Gasteiger partial charge in [0.25, 0.3) is 5.91 Å². The van der Waals surface area contributed by atoms with E-state index < -0.39 is 6.04 Å². The molecular weight excluding hydrogens is 262 g/mol. The predicted octanol–water partition coefficient (Wildman–Crippen LogP) is 2.60. The SMILES string of the molecule is CCc1nc(C)c(C(=O)NC(C#N)c2ccco2)s1. The van der Waals surface area contributed by atoms with E-state index in [0.29, 0.717) is 16.3 Å². The Morgan fingerprint density at radius 2 is 2.47 bits per heavy atom. The number of aromatic nitrogens is 1. The summed E-state index contributed by atoms with van der Waals surface area (Å²) in [5, 5.41) is 12.6. The number of nitrogens with one attached hydrogen (secondary N) is 1. The van der Waals surface area contributed by atoms with Crippen molar-refractivity contribution in [2.75, 3.05) is 0 Å². The molecule has 0 saturated heterocycles. The fourth-order valence-electron chi connectivity index (χ4n) is 1.63. The number of carbonyl (C=O) groups excluding carboxylic acids is 1. The van der Waals surface area contributed by atoms with E-state index in [-0.39, 0.29) is 5.91 Å². The van der Waals surface area contributed by atoms with Crippen LogP contribution in [-0.2, 0) is 6.42 Å². The van der Waals surface area contributed by atoms with Crippen LogP contribution in [0.5, 0.6) is 0 Å². The van der Waals surface area contributed by atoms with Gasteiger partial charge in [-0.3, -0.25) is 4.79 Å². The molecule has 1 N–H and O–H groups in total. The van der Waals surface area contributed by atoms with Crippen molar-refractivity contribution in [1.82, 2.24) is 10.3 Å². The van der Waals surface area contributed by atoms with Crippen molar-refractivity contribution in [2.45, 2.75) is 26.3 Å². The Hall–Kier alpha value is -2.13. The molecule has 0 fully saturated rings. The van der Waals surface area contributed by atoms with Gasteiger partial charge >= 0.3 is 0 Å². The quantitative estimate of drug-likeness (QED) is 0.930. The third-order valence-electron chi connectivity index (χ3n) is 2.58. The zero-order valence-electron chi connectivity index (χ0n) is 10.6. The molecule has 0 aliphatic heterocycles. The fourth-order valence-corrected chi connectivity index (χ4v) is 2.54. The molecule has 98 valence electrons. The number of carbonyl (C=O) groups is 1. The van der Waals surface area contributed by atoms with Crippen LogP contribution in [0.15, 0.2) is 22.8 Å². The number of rotatable bonds is 4. The van der Waals surface area contributed by atoms with Crippen molar-refractivity contribution in [3.8, 4) is 6.07 Å². The molecule has 0 aromatic carbocycles. The second kappa shape index (κ2) is 5.67. The maximum atomic E-state index is 12.1. The molecule has 6 heteroatoms. The van der Waals surface area contributed by atoms with E-state index in [9.17, 15) is 4.79 Å². The van der Waals surface area contributed by atoms with Crippen molar-refractivity contribution < 1.29 is 9.21 Å². The minimum absolute atomic E-state index is 0.294. The van der Waals surface area contributed by atoms with Gasteiger partial charge in [-0.25, -0.2) is 4.98 Å². The highest BCUT2D eigenvalue weighted by Gasteiger charge is 2.20. The summed E-state index contributed by atoms with van der Waals surface area (Å²) < 4.78 is 5.13. The van der Waals surface area contributed by atoms with E-state index in [0.717, 1.165) is 11.4 Å².